The van der Waals surface area contributed by atoms with Crippen molar-refractivity contribution in [2.24, 2.45) is 5.92 Å². The molecule has 0 aliphatic carbocycles. The van der Waals surface area contributed by atoms with E-state index >= 15 is 0 Å². The maximum absolute atomic E-state index is 6.29. The van der Waals surface area contributed by atoms with Crippen LogP contribution in [0.25, 0.3) is 39.5 Å². The summed E-state index contributed by atoms with van der Waals surface area (Å²) in [5, 5.41) is 5.40. The van der Waals surface area contributed by atoms with E-state index in [2.05, 4.69) is 69.5 Å². The Labute approximate surface area is 274 Å². The van der Waals surface area contributed by atoms with Gasteiger partial charge >= 0.3 is 0 Å². The minimum Gasteiger partial charge on any atom is -0.383 e. The van der Waals surface area contributed by atoms with E-state index in [1.165, 1.54) is 5.56 Å². The summed E-state index contributed by atoms with van der Waals surface area (Å²) >= 11 is 1.54. The zero-order valence-corrected chi connectivity index (χ0v) is 28.9. The van der Waals surface area contributed by atoms with Crippen LogP contribution in [0.3, 0.4) is 0 Å². The summed E-state index contributed by atoms with van der Waals surface area (Å²) in [5.74, 6) is 1.73. The molecule has 4 N–H and O–H groups in total. The van der Waals surface area contributed by atoms with Crippen LogP contribution in [0.15, 0.2) is 97.0 Å². The summed E-state index contributed by atoms with van der Waals surface area (Å²) in [5.41, 5.74) is 12.8. The number of fused-ring (bicyclic) bond motifs is 1. The molecule has 5 rings (SSSR count). The number of aromatic nitrogens is 4. The van der Waals surface area contributed by atoms with Gasteiger partial charge in [-0.1, -0.05) is 109 Å². The maximum atomic E-state index is 6.29. The van der Waals surface area contributed by atoms with Crippen LogP contribution in [0.2, 0.25) is 0 Å². The lowest BCUT2D eigenvalue weighted by Crippen LogP contribution is -2.22. The van der Waals surface area contributed by atoms with Crippen molar-refractivity contribution >= 4 is 28.9 Å². The number of hydrogen-bond acceptors (Lipinski definition) is 7. The van der Waals surface area contributed by atoms with Crippen LogP contribution in [0, 0.1) is 5.92 Å². The van der Waals surface area contributed by atoms with E-state index in [-0.39, 0.29) is 0 Å². The van der Waals surface area contributed by atoms with Gasteiger partial charge < -0.3 is 11.1 Å². The fraction of sp³-hybridized carbons (Fsp3) is 0.324. The predicted molar refractivity (Wildman–Crippen MR) is 197 cm³/mol. The first kappa shape index (κ1) is 37.2. The molecule has 0 amide bonds. The Hall–Kier alpha value is -3.98. The van der Waals surface area contributed by atoms with Crippen LogP contribution < -0.4 is 15.8 Å². The summed E-state index contributed by atoms with van der Waals surface area (Å²) in [6, 6.07) is 26.6. The Bertz CT molecular complexity index is 1530. The number of imidazole rings is 1. The Morgan fingerprint density at radius 3 is 2.27 bits per heavy atom. The molecular formula is C37H51N7S. The number of benzene rings is 2. The molecule has 0 fully saturated rings. The smallest absolute Gasteiger partial charge is 0.165 e. The average Bonchev–Trinajstić information content (AvgIpc) is 3.49. The first-order valence-electron chi connectivity index (χ1n) is 16.1. The van der Waals surface area contributed by atoms with Crippen LogP contribution >= 0.6 is 11.9 Å². The Kier molecular flexibility index (Phi) is 17.3. The lowest BCUT2D eigenvalue weighted by molar-refractivity contribution is 0.482. The van der Waals surface area contributed by atoms with Crippen molar-refractivity contribution in [1.29, 1.82) is 0 Å². The average molecular weight is 626 g/mol. The Morgan fingerprint density at radius 2 is 1.60 bits per heavy atom. The van der Waals surface area contributed by atoms with Gasteiger partial charge in [0.05, 0.1) is 11.3 Å². The molecule has 0 bridgehead atoms. The molecule has 0 aliphatic heterocycles. The molecule has 45 heavy (non-hydrogen) atoms. The second kappa shape index (κ2) is 20.9. The molecule has 2 aromatic carbocycles. The zero-order chi connectivity index (χ0) is 33.0. The van der Waals surface area contributed by atoms with E-state index in [9.17, 15) is 0 Å². The number of nitrogen functional groups attached to an aromatic ring is 1. The quantitative estimate of drug-likeness (QED) is 0.0939. The molecule has 0 radical (unpaired) electrons. The van der Waals surface area contributed by atoms with Crippen molar-refractivity contribution in [3.8, 4) is 28.3 Å². The van der Waals surface area contributed by atoms with Gasteiger partial charge in [-0.25, -0.2) is 15.0 Å². The van der Waals surface area contributed by atoms with Crippen molar-refractivity contribution in [3.63, 3.8) is 0 Å². The molecule has 0 saturated heterocycles. The van der Waals surface area contributed by atoms with Crippen LogP contribution in [0.1, 0.15) is 60.5 Å². The number of rotatable bonds is 12. The van der Waals surface area contributed by atoms with Gasteiger partial charge in [0.1, 0.15) is 11.3 Å². The van der Waals surface area contributed by atoms with Gasteiger partial charge in [-0.2, -0.15) is 0 Å². The topological polar surface area (TPSA) is 93.7 Å². The Morgan fingerprint density at radius 1 is 0.889 bits per heavy atom. The van der Waals surface area contributed by atoms with Crippen LogP contribution in [-0.4, -0.2) is 32.6 Å². The largest absolute Gasteiger partial charge is 0.383 e. The van der Waals surface area contributed by atoms with E-state index in [1.807, 2.05) is 89.4 Å². The van der Waals surface area contributed by atoms with E-state index in [4.69, 9.17) is 15.7 Å². The van der Waals surface area contributed by atoms with E-state index < -0.39 is 0 Å². The standard InChI is InChI=1S/C31H33N7S.3C2H6/c1-3-39-35-19-17-22(2)20-33-21-23-11-13-25(14-12-23)38-30(26-10-7-18-34-29(26)32)37-28-16-15-27(36-31(28)38)24-8-5-4-6-9-24;3*1-2/h3-16,18,22,33,35H,1,17,19-21H2,2H3,(H2,32,34);3*1-2H3. The number of nitrogens with zero attached hydrogens (tertiary/aromatic N) is 4. The first-order chi connectivity index (χ1) is 22.1. The molecule has 3 aromatic heterocycles. The molecule has 1 unspecified atom stereocenters. The fourth-order valence-electron chi connectivity index (χ4n) is 4.51. The molecule has 3 heterocycles. The normalized spacial score (nSPS) is 10.8. The molecule has 0 aliphatic rings. The second-order valence-corrected chi connectivity index (χ2v) is 10.3. The van der Waals surface area contributed by atoms with Gasteiger partial charge in [0.15, 0.2) is 11.5 Å². The molecule has 5 aromatic rings. The van der Waals surface area contributed by atoms with Crippen LogP contribution in [0.5, 0.6) is 0 Å². The third-order valence-corrected chi connectivity index (χ3v) is 7.11. The molecule has 0 spiro atoms. The maximum Gasteiger partial charge on any atom is 0.165 e. The van der Waals surface area contributed by atoms with Crippen molar-refractivity contribution in [2.45, 2.75) is 61.4 Å². The van der Waals surface area contributed by atoms with E-state index in [0.717, 1.165) is 65.6 Å². The number of hydrogen-bond donors (Lipinski definition) is 3. The molecule has 0 saturated carbocycles. The number of pyridine rings is 2. The Balaban J connectivity index is 0.00000111. The fourth-order valence-corrected chi connectivity index (χ4v) is 4.86. The number of nitrogens with two attached hydrogens (primary N) is 1. The highest BCUT2D eigenvalue weighted by Gasteiger charge is 2.18. The van der Waals surface area contributed by atoms with Crippen LogP contribution in [-0.2, 0) is 6.54 Å². The minimum absolute atomic E-state index is 0.436. The van der Waals surface area contributed by atoms with Gasteiger partial charge in [0.2, 0.25) is 0 Å². The van der Waals surface area contributed by atoms with Crippen molar-refractivity contribution in [3.05, 3.63) is 103 Å². The van der Waals surface area contributed by atoms with Crippen molar-refractivity contribution < 1.29 is 0 Å². The van der Waals surface area contributed by atoms with Gasteiger partial charge in [0, 0.05) is 30.5 Å². The predicted octanol–water partition coefficient (Wildman–Crippen LogP) is 9.31. The SMILES string of the molecule is C=CSNCCC(C)CNCc1ccc(-n2c(-c3cccnc3N)nc3ccc(-c4ccccc4)nc32)cc1.CC.CC.CC. The third kappa shape index (κ3) is 10.6. The van der Waals surface area contributed by atoms with Crippen LogP contribution in [0.4, 0.5) is 5.82 Å². The van der Waals surface area contributed by atoms with Crippen molar-refractivity contribution in [2.75, 3.05) is 18.8 Å². The molecular weight excluding hydrogens is 575 g/mol. The molecule has 1 atom stereocenters. The van der Waals surface area contributed by atoms with Gasteiger partial charge in [-0.15, -0.1) is 0 Å². The minimum atomic E-state index is 0.436. The molecule has 7 nitrogen and oxygen atoms in total. The first-order valence-corrected chi connectivity index (χ1v) is 17.0. The van der Waals surface area contributed by atoms with Gasteiger partial charge in [-0.3, -0.25) is 9.29 Å². The monoisotopic (exact) mass is 625 g/mol. The summed E-state index contributed by atoms with van der Waals surface area (Å²) in [6.07, 6.45) is 2.80. The zero-order valence-electron chi connectivity index (χ0n) is 28.0. The second-order valence-electron chi connectivity index (χ2n) is 9.48. The highest BCUT2D eigenvalue weighted by molar-refractivity contribution is 8.00. The third-order valence-electron chi connectivity index (χ3n) is 6.58. The van der Waals surface area contributed by atoms with E-state index in [0.29, 0.717) is 11.7 Å². The summed E-state index contributed by atoms with van der Waals surface area (Å²) in [7, 11) is 0. The number of nitrogens with one attached hydrogen (secondary N) is 2. The molecule has 8 heteroatoms. The number of anilines is 1. The summed E-state index contributed by atoms with van der Waals surface area (Å²) in [6.45, 7) is 20.7. The highest BCUT2D eigenvalue weighted by Crippen LogP contribution is 2.31. The van der Waals surface area contributed by atoms with E-state index in [1.54, 1.807) is 18.1 Å². The summed E-state index contributed by atoms with van der Waals surface area (Å²) < 4.78 is 5.36. The highest BCUT2D eigenvalue weighted by atomic mass is 32.2. The molecule has 240 valence electrons. The van der Waals surface area contributed by atoms with Gasteiger partial charge in [-0.05, 0) is 66.3 Å². The lowest BCUT2D eigenvalue weighted by atomic mass is 10.1. The van der Waals surface area contributed by atoms with Crippen molar-refractivity contribution in [1.82, 2.24) is 29.6 Å². The van der Waals surface area contributed by atoms with Gasteiger partial charge in [0.25, 0.3) is 0 Å². The lowest BCUT2D eigenvalue weighted by Gasteiger charge is -2.14. The summed E-state index contributed by atoms with van der Waals surface area (Å²) in [4.78, 5) is 14.3.